The van der Waals surface area contributed by atoms with Gasteiger partial charge in [0.15, 0.2) is 0 Å². The number of nitrogens with zero attached hydrogens (tertiary/aromatic N) is 2. The average molecular weight is 189 g/mol. The van der Waals surface area contributed by atoms with Crippen LogP contribution in [0.15, 0.2) is 0 Å². The predicted octanol–water partition coefficient (Wildman–Crippen LogP) is 1.12. The molecule has 0 unspecified atom stereocenters. The van der Waals surface area contributed by atoms with E-state index in [9.17, 15) is 0 Å². The quantitative estimate of drug-likeness (QED) is 0.572. The molecule has 0 atom stereocenters. The largest absolute Gasteiger partial charge is 0.300 e. The molecule has 0 aliphatic heterocycles. The molecule has 0 saturated heterocycles. The zero-order chi connectivity index (χ0) is 10.6. The van der Waals surface area contributed by atoms with Gasteiger partial charge < -0.3 is 5.32 Å². The normalized spacial score (nSPS) is 9.86. The second-order valence-electron chi connectivity index (χ2n) is 3.23. The standard InChI is InChI=1S/C11H15N3/c1-5-6-12-7-11-10(4)13-8(2)9(3)14-11/h1,12H,6-7H2,2-4H3. The number of aryl methyl sites for hydroxylation is 3. The van der Waals surface area contributed by atoms with E-state index in [2.05, 4.69) is 21.2 Å². The SMILES string of the molecule is C#CCNCc1nc(C)c(C)nc1C. The van der Waals surface area contributed by atoms with Crippen LogP contribution >= 0.6 is 0 Å². The molecule has 0 fully saturated rings. The van der Waals surface area contributed by atoms with Crippen molar-refractivity contribution in [2.24, 2.45) is 0 Å². The molecule has 1 aromatic heterocycles. The molecule has 74 valence electrons. The molecule has 0 bridgehead atoms. The summed E-state index contributed by atoms with van der Waals surface area (Å²) < 4.78 is 0. The average Bonchev–Trinajstić information content (AvgIpc) is 2.14. The molecule has 0 spiro atoms. The van der Waals surface area contributed by atoms with Gasteiger partial charge in [-0.2, -0.15) is 0 Å². The van der Waals surface area contributed by atoms with Gasteiger partial charge in [0.2, 0.25) is 0 Å². The van der Waals surface area contributed by atoms with Crippen molar-refractivity contribution in [1.29, 1.82) is 0 Å². The first-order chi connectivity index (χ1) is 6.65. The first-order valence-electron chi connectivity index (χ1n) is 4.60. The molecule has 1 rings (SSSR count). The summed E-state index contributed by atoms with van der Waals surface area (Å²) in [7, 11) is 0. The topological polar surface area (TPSA) is 37.8 Å². The van der Waals surface area contributed by atoms with Crippen LogP contribution in [-0.2, 0) is 6.54 Å². The summed E-state index contributed by atoms with van der Waals surface area (Å²) in [5.74, 6) is 2.52. The highest BCUT2D eigenvalue weighted by atomic mass is 14.9. The number of hydrogen-bond acceptors (Lipinski definition) is 3. The molecule has 1 N–H and O–H groups in total. The summed E-state index contributed by atoms with van der Waals surface area (Å²) in [6, 6.07) is 0. The van der Waals surface area contributed by atoms with Gasteiger partial charge in [0.1, 0.15) is 0 Å². The monoisotopic (exact) mass is 189 g/mol. The maximum Gasteiger partial charge on any atom is 0.0757 e. The summed E-state index contributed by atoms with van der Waals surface area (Å²) >= 11 is 0. The fourth-order valence-corrected chi connectivity index (χ4v) is 1.18. The van der Waals surface area contributed by atoms with Crippen molar-refractivity contribution in [2.45, 2.75) is 27.3 Å². The zero-order valence-electron chi connectivity index (χ0n) is 8.89. The molecule has 3 nitrogen and oxygen atoms in total. The third kappa shape index (κ3) is 2.54. The van der Waals surface area contributed by atoms with Crippen LogP contribution in [0.5, 0.6) is 0 Å². The van der Waals surface area contributed by atoms with E-state index in [1.807, 2.05) is 20.8 Å². The van der Waals surface area contributed by atoms with Gasteiger partial charge in [-0.1, -0.05) is 5.92 Å². The lowest BCUT2D eigenvalue weighted by atomic mass is 10.2. The van der Waals surface area contributed by atoms with Crippen LogP contribution in [-0.4, -0.2) is 16.5 Å². The van der Waals surface area contributed by atoms with Gasteiger partial charge in [-0.15, -0.1) is 6.42 Å². The zero-order valence-corrected chi connectivity index (χ0v) is 8.89. The first kappa shape index (κ1) is 10.7. The molecule has 0 aliphatic rings. The van der Waals surface area contributed by atoms with Crippen LogP contribution in [0.1, 0.15) is 22.8 Å². The second-order valence-corrected chi connectivity index (χ2v) is 3.23. The molecule has 14 heavy (non-hydrogen) atoms. The molecule has 0 saturated carbocycles. The maximum absolute atomic E-state index is 5.14. The number of hydrogen-bond donors (Lipinski definition) is 1. The van der Waals surface area contributed by atoms with E-state index in [-0.39, 0.29) is 0 Å². The Kier molecular flexibility index (Phi) is 3.61. The van der Waals surface area contributed by atoms with Gasteiger partial charge in [-0.25, -0.2) is 0 Å². The van der Waals surface area contributed by atoms with Crippen LogP contribution < -0.4 is 5.32 Å². The summed E-state index contributed by atoms with van der Waals surface area (Å²) in [5.41, 5.74) is 3.91. The molecule has 0 amide bonds. The minimum Gasteiger partial charge on any atom is -0.300 e. The third-order valence-electron chi connectivity index (χ3n) is 2.10. The van der Waals surface area contributed by atoms with Gasteiger partial charge in [-0.3, -0.25) is 9.97 Å². The second kappa shape index (κ2) is 4.73. The summed E-state index contributed by atoms with van der Waals surface area (Å²) in [5, 5.41) is 3.10. The number of nitrogens with one attached hydrogen (secondary N) is 1. The van der Waals surface area contributed by atoms with Crippen molar-refractivity contribution in [3.8, 4) is 12.3 Å². The Balaban J connectivity index is 2.78. The van der Waals surface area contributed by atoms with E-state index in [0.717, 1.165) is 22.8 Å². The summed E-state index contributed by atoms with van der Waals surface area (Å²) in [6.45, 7) is 7.14. The van der Waals surface area contributed by atoms with Gasteiger partial charge >= 0.3 is 0 Å². The highest BCUT2D eigenvalue weighted by Crippen LogP contribution is 2.06. The lowest BCUT2D eigenvalue weighted by molar-refractivity contribution is 0.729. The van der Waals surface area contributed by atoms with Crippen molar-refractivity contribution in [2.75, 3.05) is 6.54 Å². The van der Waals surface area contributed by atoms with Gasteiger partial charge in [0.25, 0.3) is 0 Å². The number of terminal acetylenes is 1. The van der Waals surface area contributed by atoms with Crippen LogP contribution in [0.25, 0.3) is 0 Å². The van der Waals surface area contributed by atoms with E-state index in [1.54, 1.807) is 0 Å². The smallest absolute Gasteiger partial charge is 0.0757 e. The third-order valence-corrected chi connectivity index (χ3v) is 2.10. The molecule has 3 heteroatoms. The molecule has 0 aliphatic carbocycles. The Morgan fingerprint density at radius 2 is 1.79 bits per heavy atom. The van der Waals surface area contributed by atoms with E-state index in [4.69, 9.17) is 6.42 Å². The fraction of sp³-hybridized carbons (Fsp3) is 0.455. The van der Waals surface area contributed by atoms with Crippen molar-refractivity contribution in [3.63, 3.8) is 0 Å². The van der Waals surface area contributed by atoms with E-state index in [1.165, 1.54) is 0 Å². The van der Waals surface area contributed by atoms with Crippen molar-refractivity contribution < 1.29 is 0 Å². The maximum atomic E-state index is 5.14. The van der Waals surface area contributed by atoms with E-state index in [0.29, 0.717) is 13.1 Å². The molecule has 1 heterocycles. The number of aromatic nitrogens is 2. The van der Waals surface area contributed by atoms with Crippen molar-refractivity contribution in [3.05, 3.63) is 22.8 Å². The molecule has 0 aromatic carbocycles. The minimum atomic E-state index is 0.564. The predicted molar refractivity (Wildman–Crippen MR) is 56.8 cm³/mol. The Hall–Kier alpha value is -1.40. The minimum absolute atomic E-state index is 0.564. The van der Waals surface area contributed by atoms with Gasteiger partial charge in [0, 0.05) is 6.54 Å². The lowest BCUT2D eigenvalue weighted by Gasteiger charge is -2.07. The molecule has 0 radical (unpaired) electrons. The molecule has 1 aromatic rings. The van der Waals surface area contributed by atoms with Crippen molar-refractivity contribution in [1.82, 2.24) is 15.3 Å². The molecular weight excluding hydrogens is 174 g/mol. The Morgan fingerprint density at radius 1 is 1.14 bits per heavy atom. The lowest BCUT2D eigenvalue weighted by Crippen LogP contribution is -2.16. The Bertz CT molecular complexity index is 364. The summed E-state index contributed by atoms with van der Waals surface area (Å²) in [6.07, 6.45) is 5.14. The summed E-state index contributed by atoms with van der Waals surface area (Å²) in [4.78, 5) is 8.85. The van der Waals surface area contributed by atoms with E-state index < -0.39 is 0 Å². The van der Waals surface area contributed by atoms with Crippen LogP contribution in [0.3, 0.4) is 0 Å². The van der Waals surface area contributed by atoms with Crippen LogP contribution in [0, 0.1) is 33.1 Å². The van der Waals surface area contributed by atoms with Crippen molar-refractivity contribution >= 4 is 0 Å². The highest BCUT2D eigenvalue weighted by molar-refractivity contribution is 5.17. The van der Waals surface area contributed by atoms with Gasteiger partial charge in [-0.05, 0) is 20.8 Å². The van der Waals surface area contributed by atoms with Gasteiger partial charge in [0.05, 0.1) is 29.3 Å². The highest BCUT2D eigenvalue weighted by Gasteiger charge is 2.03. The fourth-order valence-electron chi connectivity index (χ4n) is 1.18. The van der Waals surface area contributed by atoms with E-state index >= 15 is 0 Å². The molecular formula is C11H15N3. The Morgan fingerprint density at radius 3 is 2.43 bits per heavy atom. The van der Waals surface area contributed by atoms with Crippen LogP contribution in [0.2, 0.25) is 0 Å². The number of rotatable bonds is 3. The Labute approximate surface area is 85.0 Å². The van der Waals surface area contributed by atoms with Crippen LogP contribution in [0.4, 0.5) is 0 Å². The first-order valence-corrected chi connectivity index (χ1v) is 4.60.